The van der Waals surface area contributed by atoms with E-state index in [1.54, 1.807) is 34.0 Å². The number of benzene rings is 1. The van der Waals surface area contributed by atoms with E-state index in [0.29, 0.717) is 10.3 Å². The summed E-state index contributed by atoms with van der Waals surface area (Å²) in [5.74, 6) is 0.590. The van der Waals surface area contributed by atoms with Crippen molar-refractivity contribution in [3.8, 4) is 5.00 Å². The quantitative estimate of drug-likeness (QED) is 0.537. The SMILES string of the molecule is CN(c1ccc([N+](=O)[O-])cc1)c1nncn1-c1ccc(Cl)s1. The third kappa shape index (κ3) is 2.66. The van der Waals surface area contributed by atoms with Crippen molar-refractivity contribution in [2.45, 2.75) is 0 Å². The first-order valence-corrected chi connectivity index (χ1v) is 7.39. The summed E-state index contributed by atoms with van der Waals surface area (Å²) in [6, 6.07) is 9.92. The molecule has 3 rings (SSSR count). The van der Waals surface area contributed by atoms with Crippen LogP contribution in [0.25, 0.3) is 5.00 Å². The van der Waals surface area contributed by atoms with Gasteiger partial charge in [0.2, 0.25) is 5.95 Å². The third-order valence-corrected chi connectivity index (χ3v) is 4.30. The molecule has 0 aliphatic carbocycles. The Morgan fingerprint density at radius 1 is 1.27 bits per heavy atom. The van der Waals surface area contributed by atoms with Crippen molar-refractivity contribution in [1.82, 2.24) is 14.8 Å². The molecule has 0 fully saturated rings. The molecule has 0 aliphatic heterocycles. The number of thiophene rings is 1. The van der Waals surface area contributed by atoms with Crippen molar-refractivity contribution >= 4 is 40.3 Å². The monoisotopic (exact) mass is 335 g/mol. The minimum absolute atomic E-state index is 0.0451. The Labute approximate surface area is 134 Å². The summed E-state index contributed by atoms with van der Waals surface area (Å²) in [6.45, 7) is 0. The molecule has 112 valence electrons. The van der Waals surface area contributed by atoms with Crippen LogP contribution in [0.2, 0.25) is 4.34 Å². The lowest BCUT2D eigenvalue weighted by Crippen LogP contribution is -2.14. The zero-order valence-electron chi connectivity index (χ0n) is 11.4. The predicted octanol–water partition coefficient (Wildman–Crippen LogP) is 3.66. The molecule has 9 heteroatoms. The fraction of sp³-hybridized carbons (Fsp3) is 0.0769. The molecule has 1 aromatic carbocycles. The minimum Gasteiger partial charge on any atom is -0.313 e. The van der Waals surface area contributed by atoms with Gasteiger partial charge in [-0.05, 0) is 24.3 Å². The minimum atomic E-state index is -0.431. The number of hydrogen-bond acceptors (Lipinski definition) is 6. The molecule has 0 radical (unpaired) electrons. The molecule has 0 unspecified atom stereocenters. The highest BCUT2D eigenvalue weighted by Crippen LogP contribution is 2.30. The molecule has 7 nitrogen and oxygen atoms in total. The number of rotatable bonds is 4. The third-order valence-electron chi connectivity index (χ3n) is 3.07. The van der Waals surface area contributed by atoms with Gasteiger partial charge in [-0.2, -0.15) is 0 Å². The highest BCUT2D eigenvalue weighted by Gasteiger charge is 2.15. The Hall–Kier alpha value is -2.45. The van der Waals surface area contributed by atoms with E-state index in [0.717, 1.165) is 10.7 Å². The van der Waals surface area contributed by atoms with E-state index in [1.807, 2.05) is 13.1 Å². The first-order chi connectivity index (χ1) is 10.6. The van der Waals surface area contributed by atoms with E-state index in [2.05, 4.69) is 10.2 Å². The maximum Gasteiger partial charge on any atom is 0.269 e. The molecule has 0 aliphatic rings. The van der Waals surface area contributed by atoms with Crippen LogP contribution in [0.15, 0.2) is 42.7 Å². The predicted molar refractivity (Wildman–Crippen MR) is 85.4 cm³/mol. The topological polar surface area (TPSA) is 77.1 Å². The fourth-order valence-corrected chi connectivity index (χ4v) is 2.96. The van der Waals surface area contributed by atoms with Crippen molar-refractivity contribution in [2.24, 2.45) is 0 Å². The van der Waals surface area contributed by atoms with Gasteiger partial charge in [-0.3, -0.25) is 14.7 Å². The summed E-state index contributed by atoms with van der Waals surface area (Å²) in [7, 11) is 1.82. The molecule has 2 aromatic heterocycles. The first-order valence-electron chi connectivity index (χ1n) is 6.20. The van der Waals surface area contributed by atoms with Gasteiger partial charge in [0.15, 0.2) is 0 Å². The smallest absolute Gasteiger partial charge is 0.269 e. The van der Waals surface area contributed by atoms with E-state index in [-0.39, 0.29) is 5.69 Å². The molecule has 0 amide bonds. The van der Waals surface area contributed by atoms with E-state index in [1.165, 1.54) is 23.5 Å². The van der Waals surface area contributed by atoms with Crippen LogP contribution in [0.3, 0.4) is 0 Å². The van der Waals surface area contributed by atoms with Crippen molar-refractivity contribution in [1.29, 1.82) is 0 Å². The molecule has 0 bridgehead atoms. The zero-order valence-corrected chi connectivity index (χ0v) is 13.0. The summed E-state index contributed by atoms with van der Waals surface area (Å²) < 4.78 is 2.48. The summed E-state index contributed by atoms with van der Waals surface area (Å²) in [6.07, 6.45) is 1.60. The van der Waals surface area contributed by atoms with Crippen LogP contribution < -0.4 is 4.90 Å². The van der Waals surface area contributed by atoms with Crippen LogP contribution in [-0.4, -0.2) is 26.7 Å². The molecular weight excluding hydrogens is 326 g/mol. The van der Waals surface area contributed by atoms with Crippen LogP contribution in [-0.2, 0) is 0 Å². The van der Waals surface area contributed by atoms with Gasteiger partial charge in [-0.1, -0.05) is 11.6 Å². The average molecular weight is 336 g/mol. The maximum absolute atomic E-state index is 10.7. The van der Waals surface area contributed by atoms with Gasteiger partial charge in [0, 0.05) is 24.9 Å². The van der Waals surface area contributed by atoms with Gasteiger partial charge < -0.3 is 4.90 Å². The standard InChI is InChI=1S/C13H10ClN5O2S/c1-17(9-2-4-10(5-3-9)19(20)21)13-16-15-8-18(13)12-7-6-11(14)22-12/h2-8H,1H3. The van der Waals surface area contributed by atoms with Crippen LogP contribution in [0.4, 0.5) is 17.3 Å². The Kier molecular flexibility index (Phi) is 3.78. The molecule has 0 spiro atoms. The molecule has 3 aromatic rings. The van der Waals surface area contributed by atoms with E-state index in [4.69, 9.17) is 11.6 Å². The average Bonchev–Trinajstić information content (AvgIpc) is 3.15. The van der Waals surface area contributed by atoms with E-state index in [9.17, 15) is 10.1 Å². The van der Waals surface area contributed by atoms with E-state index >= 15 is 0 Å². The molecule has 2 heterocycles. The summed E-state index contributed by atoms with van der Waals surface area (Å²) >= 11 is 7.37. The molecule has 0 N–H and O–H groups in total. The van der Waals surface area contributed by atoms with Gasteiger partial charge in [0.1, 0.15) is 11.3 Å². The van der Waals surface area contributed by atoms with Crippen LogP contribution >= 0.6 is 22.9 Å². The van der Waals surface area contributed by atoms with Crippen LogP contribution in [0, 0.1) is 10.1 Å². The molecule has 22 heavy (non-hydrogen) atoms. The second-order valence-corrected chi connectivity index (χ2v) is 6.10. The number of nitro groups is 1. The number of hydrogen-bond donors (Lipinski definition) is 0. The van der Waals surface area contributed by atoms with Gasteiger partial charge in [-0.25, -0.2) is 0 Å². The van der Waals surface area contributed by atoms with Crippen LogP contribution in [0.1, 0.15) is 0 Å². The second kappa shape index (κ2) is 5.74. The highest BCUT2D eigenvalue weighted by atomic mass is 35.5. The second-order valence-electron chi connectivity index (χ2n) is 4.41. The van der Waals surface area contributed by atoms with Gasteiger partial charge in [0.05, 0.1) is 9.26 Å². The number of nitro benzene ring substituents is 1. The highest BCUT2D eigenvalue weighted by molar-refractivity contribution is 7.18. The lowest BCUT2D eigenvalue weighted by molar-refractivity contribution is -0.384. The number of nitrogens with zero attached hydrogens (tertiary/aromatic N) is 5. The Morgan fingerprint density at radius 2 is 2.00 bits per heavy atom. The first kappa shape index (κ1) is 14.5. The Bertz CT molecular complexity index is 814. The summed E-state index contributed by atoms with van der Waals surface area (Å²) in [5.41, 5.74) is 0.811. The van der Waals surface area contributed by atoms with Crippen molar-refractivity contribution in [3.05, 3.63) is 57.2 Å². The van der Waals surface area contributed by atoms with Crippen molar-refractivity contribution < 1.29 is 4.92 Å². The van der Waals surface area contributed by atoms with Gasteiger partial charge in [0.25, 0.3) is 5.69 Å². The van der Waals surface area contributed by atoms with Gasteiger partial charge >= 0.3 is 0 Å². The molecule has 0 saturated carbocycles. The van der Waals surface area contributed by atoms with Crippen molar-refractivity contribution in [3.63, 3.8) is 0 Å². The molecule has 0 atom stereocenters. The Morgan fingerprint density at radius 3 is 2.59 bits per heavy atom. The molecular formula is C13H10ClN5O2S. The van der Waals surface area contributed by atoms with Crippen molar-refractivity contribution in [2.75, 3.05) is 11.9 Å². The molecule has 0 saturated heterocycles. The lowest BCUT2D eigenvalue weighted by atomic mass is 10.2. The number of aromatic nitrogens is 3. The zero-order chi connectivity index (χ0) is 15.7. The number of halogens is 1. The lowest BCUT2D eigenvalue weighted by Gasteiger charge is -2.18. The number of non-ortho nitro benzene ring substituents is 1. The summed E-state index contributed by atoms with van der Waals surface area (Å²) in [5, 5.41) is 19.6. The number of anilines is 2. The maximum atomic E-state index is 10.7. The fourth-order valence-electron chi connectivity index (χ4n) is 1.96. The normalized spacial score (nSPS) is 10.6. The van der Waals surface area contributed by atoms with E-state index < -0.39 is 4.92 Å². The van der Waals surface area contributed by atoms with Gasteiger partial charge in [-0.15, -0.1) is 21.5 Å². The van der Waals surface area contributed by atoms with Crippen LogP contribution in [0.5, 0.6) is 0 Å². The largest absolute Gasteiger partial charge is 0.313 e. The summed E-state index contributed by atoms with van der Waals surface area (Å²) in [4.78, 5) is 12.1. The Balaban J connectivity index is 1.94.